The van der Waals surface area contributed by atoms with Crippen molar-refractivity contribution in [3.63, 3.8) is 0 Å². The lowest BCUT2D eigenvalue weighted by Gasteiger charge is -2.17. The molecular weight excluding hydrogens is 528 g/mol. The molecule has 0 amide bonds. The Kier molecular flexibility index (Phi) is 7.39. The van der Waals surface area contributed by atoms with Gasteiger partial charge in [0.05, 0.1) is 23.3 Å². The lowest BCUT2D eigenvalue weighted by Crippen LogP contribution is -2.42. The summed E-state index contributed by atoms with van der Waals surface area (Å²) >= 11 is 0. The van der Waals surface area contributed by atoms with Crippen LogP contribution in [0.3, 0.4) is 0 Å². The molecule has 1 aliphatic heterocycles. The maximum atomic E-state index is 11.2. The van der Waals surface area contributed by atoms with Crippen LogP contribution in [-0.4, -0.2) is 68.0 Å². The molecule has 1 aromatic carbocycles. The predicted octanol–water partition coefficient (Wildman–Crippen LogP) is -0.805. The van der Waals surface area contributed by atoms with Gasteiger partial charge in [0.25, 0.3) is 10.2 Å². The summed E-state index contributed by atoms with van der Waals surface area (Å²) in [5.74, 6) is 6.64. The van der Waals surface area contributed by atoms with Crippen molar-refractivity contribution in [1.82, 2.24) is 29.2 Å². The van der Waals surface area contributed by atoms with Crippen LogP contribution < -0.4 is 20.3 Å². The summed E-state index contributed by atoms with van der Waals surface area (Å²) in [7, 11) is -4.03. The molecule has 3 aromatic heterocycles. The Morgan fingerprint density at radius 2 is 1.82 bits per heavy atom. The molecule has 15 heteroatoms. The standard InChI is InChI=1S/C24H24N8O6S/c25-22-19-15(6-7-18-27-8-16(9-28-18)37-12-14-4-2-1-3-5-14)11-32(23(19)30-13-29-22)24-21(34)20(33)17(38-24)10-31-39(26,35)36/h1-5,8-9,11,13,17,20-21,24,31,33-34H,10,12H2,(H2,25,29,30)(H2,26,35,36)/t17-,20-,21-,24-/m1/s1. The number of nitrogens with one attached hydrogen (secondary N) is 1. The Morgan fingerprint density at radius 1 is 1.08 bits per heavy atom. The third-order valence-corrected chi connectivity index (χ3v) is 6.49. The van der Waals surface area contributed by atoms with E-state index in [4.69, 9.17) is 20.3 Å². The fourth-order valence-electron chi connectivity index (χ4n) is 4.04. The van der Waals surface area contributed by atoms with Gasteiger partial charge in [0.1, 0.15) is 42.7 Å². The molecule has 5 rings (SSSR count). The molecule has 202 valence electrons. The first kappa shape index (κ1) is 26.4. The summed E-state index contributed by atoms with van der Waals surface area (Å²) in [6.45, 7) is 0.0235. The molecule has 4 heterocycles. The van der Waals surface area contributed by atoms with Gasteiger partial charge in [0, 0.05) is 12.7 Å². The average Bonchev–Trinajstić information content (AvgIpc) is 3.43. The summed E-state index contributed by atoms with van der Waals surface area (Å²) in [4.78, 5) is 16.7. The van der Waals surface area contributed by atoms with Gasteiger partial charge >= 0.3 is 0 Å². The second-order valence-electron chi connectivity index (χ2n) is 8.61. The maximum absolute atomic E-state index is 11.2. The van der Waals surface area contributed by atoms with Gasteiger partial charge in [-0.25, -0.2) is 25.1 Å². The summed E-state index contributed by atoms with van der Waals surface area (Å²) in [5.41, 5.74) is 7.79. The normalized spacial score (nSPS) is 21.0. The minimum absolute atomic E-state index is 0.133. The SMILES string of the molecule is Nc1ncnc2c1c(C#Cc1ncc(OCc3ccccc3)cn1)cn2[C@@H]1O[C@H](CNS(N)(=O)=O)[C@@H](O)[C@H]1O. The first-order chi connectivity index (χ1) is 18.7. The number of ether oxygens (including phenoxy) is 2. The largest absolute Gasteiger partial charge is 0.486 e. The van der Waals surface area contributed by atoms with Crippen molar-refractivity contribution in [3.05, 3.63) is 72.2 Å². The highest BCUT2D eigenvalue weighted by Gasteiger charge is 2.44. The number of benzene rings is 1. The zero-order valence-electron chi connectivity index (χ0n) is 20.2. The van der Waals surface area contributed by atoms with Gasteiger partial charge in [0.2, 0.25) is 5.82 Å². The third kappa shape index (κ3) is 5.96. The number of aromatic nitrogens is 5. The van der Waals surface area contributed by atoms with Crippen molar-refractivity contribution in [2.75, 3.05) is 12.3 Å². The zero-order chi connectivity index (χ0) is 27.6. The Balaban J connectivity index is 1.38. The zero-order valence-corrected chi connectivity index (χ0v) is 21.1. The van der Waals surface area contributed by atoms with Crippen LogP contribution in [-0.2, 0) is 21.6 Å². The predicted molar refractivity (Wildman–Crippen MR) is 138 cm³/mol. The highest BCUT2D eigenvalue weighted by molar-refractivity contribution is 7.87. The quantitative estimate of drug-likeness (QED) is 0.179. The van der Waals surface area contributed by atoms with Gasteiger partial charge in [0.15, 0.2) is 12.0 Å². The molecule has 0 spiro atoms. The number of hydrogen-bond acceptors (Lipinski definition) is 11. The first-order valence-electron chi connectivity index (χ1n) is 11.6. The number of nitrogens with two attached hydrogens (primary N) is 2. The molecule has 4 aromatic rings. The van der Waals surface area contributed by atoms with Gasteiger partial charge in [-0.3, -0.25) is 0 Å². The van der Waals surface area contributed by atoms with Crippen LogP contribution in [0.2, 0.25) is 0 Å². The molecule has 39 heavy (non-hydrogen) atoms. The molecule has 7 N–H and O–H groups in total. The van der Waals surface area contributed by atoms with E-state index in [2.05, 4.69) is 36.5 Å². The number of nitrogens with zero attached hydrogens (tertiary/aromatic N) is 5. The number of rotatable bonds is 7. The molecule has 1 fully saturated rings. The second-order valence-corrected chi connectivity index (χ2v) is 9.99. The van der Waals surface area contributed by atoms with Gasteiger partial charge in [-0.05, 0) is 11.5 Å². The lowest BCUT2D eigenvalue weighted by molar-refractivity contribution is -0.0327. The van der Waals surface area contributed by atoms with E-state index in [0.29, 0.717) is 23.3 Å². The van der Waals surface area contributed by atoms with Crippen LogP contribution in [0.5, 0.6) is 5.75 Å². The highest BCUT2D eigenvalue weighted by atomic mass is 32.2. The second kappa shape index (κ2) is 10.9. The van der Waals surface area contributed by atoms with Crippen molar-refractivity contribution in [2.24, 2.45) is 5.14 Å². The van der Waals surface area contributed by atoms with Crippen LogP contribution in [0.1, 0.15) is 23.2 Å². The fourth-order valence-corrected chi connectivity index (χ4v) is 4.44. The van der Waals surface area contributed by atoms with Gasteiger partial charge in [-0.2, -0.15) is 13.1 Å². The van der Waals surface area contributed by atoms with Crippen LogP contribution in [0.15, 0.2) is 55.2 Å². The minimum atomic E-state index is -4.03. The van der Waals surface area contributed by atoms with Crippen molar-refractivity contribution in [1.29, 1.82) is 0 Å². The molecular formula is C24H24N8O6S. The number of aliphatic hydroxyl groups is 2. The van der Waals surface area contributed by atoms with Crippen LogP contribution in [0, 0.1) is 11.8 Å². The molecule has 1 saturated heterocycles. The first-order valence-corrected chi connectivity index (χ1v) is 13.1. The number of hydrogen-bond donors (Lipinski definition) is 5. The fraction of sp³-hybridized carbons (Fsp3) is 0.250. The molecule has 14 nitrogen and oxygen atoms in total. The van der Waals surface area contributed by atoms with Crippen molar-refractivity contribution >= 4 is 27.1 Å². The maximum Gasteiger partial charge on any atom is 0.274 e. The van der Waals surface area contributed by atoms with E-state index in [1.165, 1.54) is 29.5 Å². The monoisotopic (exact) mass is 552 g/mol. The van der Waals surface area contributed by atoms with E-state index >= 15 is 0 Å². The molecule has 0 radical (unpaired) electrons. The summed E-state index contributed by atoms with van der Waals surface area (Å²) in [5, 5.41) is 26.4. The molecule has 0 unspecified atom stereocenters. The van der Waals surface area contributed by atoms with E-state index in [1.807, 2.05) is 30.3 Å². The summed E-state index contributed by atoms with van der Waals surface area (Å²) in [6.07, 6.45) is 0.767. The van der Waals surface area contributed by atoms with E-state index < -0.39 is 34.7 Å². The molecule has 0 bridgehead atoms. The Hall–Kier alpha value is -4.17. The molecule has 1 aliphatic rings. The van der Waals surface area contributed by atoms with E-state index in [9.17, 15) is 18.6 Å². The molecule has 0 saturated carbocycles. The number of anilines is 1. The van der Waals surface area contributed by atoms with Gasteiger partial charge in [-0.15, -0.1) is 0 Å². The Labute approximate surface area is 222 Å². The molecule has 4 atom stereocenters. The van der Waals surface area contributed by atoms with Crippen LogP contribution in [0.4, 0.5) is 5.82 Å². The van der Waals surface area contributed by atoms with Gasteiger partial charge in [-0.1, -0.05) is 36.3 Å². The number of aliphatic hydroxyl groups excluding tert-OH is 2. The van der Waals surface area contributed by atoms with Crippen molar-refractivity contribution in [3.8, 4) is 17.6 Å². The van der Waals surface area contributed by atoms with Crippen LogP contribution >= 0.6 is 0 Å². The van der Waals surface area contributed by atoms with E-state index in [0.717, 1.165) is 5.56 Å². The molecule has 0 aliphatic carbocycles. The van der Waals surface area contributed by atoms with Crippen molar-refractivity contribution < 1.29 is 28.1 Å². The highest BCUT2D eigenvalue weighted by Crippen LogP contribution is 2.34. The smallest absolute Gasteiger partial charge is 0.274 e. The topological polar surface area (TPSA) is 214 Å². The van der Waals surface area contributed by atoms with Gasteiger partial charge < -0.3 is 30.0 Å². The minimum Gasteiger partial charge on any atom is -0.486 e. The number of nitrogen functional groups attached to an aromatic ring is 1. The Morgan fingerprint density at radius 3 is 2.54 bits per heavy atom. The van der Waals surface area contributed by atoms with E-state index in [1.54, 1.807) is 0 Å². The van der Waals surface area contributed by atoms with E-state index in [-0.39, 0.29) is 23.8 Å². The number of fused-ring (bicyclic) bond motifs is 1. The Bertz CT molecular complexity index is 1640. The van der Waals surface area contributed by atoms with Crippen LogP contribution in [0.25, 0.3) is 11.0 Å². The average molecular weight is 553 g/mol. The summed E-state index contributed by atoms with van der Waals surface area (Å²) < 4.78 is 37.4. The summed E-state index contributed by atoms with van der Waals surface area (Å²) in [6, 6.07) is 9.67. The lowest BCUT2D eigenvalue weighted by atomic mass is 10.1. The third-order valence-electron chi connectivity index (χ3n) is 5.92. The van der Waals surface area contributed by atoms with Crippen molar-refractivity contribution in [2.45, 2.75) is 31.1 Å².